The van der Waals surface area contributed by atoms with Crippen molar-refractivity contribution in [2.45, 2.75) is 37.9 Å². The number of nitrogens with zero attached hydrogens (tertiary/aromatic N) is 2. The lowest BCUT2D eigenvalue weighted by Crippen LogP contribution is -2.52. The van der Waals surface area contributed by atoms with Crippen LogP contribution in [0.4, 0.5) is 4.79 Å². The maximum atomic E-state index is 13.1. The molecule has 11 nitrogen and oxygen atoms in total. The monoisotopic (exact) mass is 439 g/mol. The molecule has 2 amide bonds. The van der Waals surface area contributed by atoms with Crippen molar-refractivity contribution >= 4 is 33.0 Å². The van der Waals surface area contributed by atoms with Gasteiger partial charge in [-0.3, -0.25) is 14.4 Å². The van der Waals surface area contributed by atoms with Crippen molar-refractivity contribution in [1.82, 2.24) is 25.7 Å². The fourth-order valence-corrected chi connectivity index (χ4v) is 3.94. The second-order valence-corrected chi connectivity index (χ2v) is 8.89. The van der Waals surface area contributed by atoms with E-state index in [2.05, 4.69) is 20.8 Å². The molecule has 1 atom stereocenters. The summed E-state index contributed by atoms with van der Waals surface area (Å²) in [5.74, 6) is -0.137. The summed E-state index contributed by atoms with van der Waals surface area (Å²) in [4.78, 5) is 26.1. The summed E-state index contributed by atoms with van der Waals surface area (Å²) in [5, 5.41) is 23.0. The van der Waals surface area contributed by atoms with Gasteiger partial charge in [0.25, 0.3) is 10.1 Å². The summed E-state index contributed by atoms with van der Waals surface area (Å²) < 4.78 is 25.9. The molecule has 1 aromatic heterocycles. The minimum absolute atomic E-state index is 0.125. The molecule has 0 radical (unpaired) electrons. The number of fused-ring (bicyclic) bond motifs is 3. The molecule has 0 spiro atoms. The summed E-state index contributed by atoms with van der Waals surface area (Å²) in [6.45, 7) is 2.23. The van der Waals surface area contributed by atoms with Gasteiger partial charge in [0.2, 0.25) is 5.91 Å². The van der Waals surface area contributed by atoms with Crippen LogP contribution in [0.1, 0.15) is 24.0 Å². The summed E-state index contributed by atoms with van der Waals surface area (Å²) in [6.07, 6.45) is 3.45. The molecular formula is C18H25N5O6S. The van der Waals surface area contributed by atoms with Gasteiger partial charge >= 0.3 is 6.09 Å². The predicted octanol–water partition coefficient (Wildman–Crippen LogP) is 0.340. The molecule has 1 saturated heterocycles. The number of amides is 2. The summed E-state index contributed by atoms with van der Waals surface area (Å²) in [7, 11) is -3.67. The Bertz CT molecular complexity index is 1020. The van der Waals surface area contributed by atoms with Gasteiger partial charge < -0.3 is 20.6 Å². The Hall–Kier alpha value is -2.70. The van der Waals surface area contributed by atoms with E-state index in [1.807, 2.05) is 17.0 Å². The second kappa shape index (κ2) is 8.98. The van der Waals surface area contributed by atoms with E-state index in [1.165, 1.54) is 0 Å². The number of nitrogens with one attached hydrogen (secondary N) is 3. The highest BCUT2D eigenvalue weighted by molar-refractivity contribution is 7.85. The van der Waals surface area contributed by atoms with E-state index in [4.69, 9.17) is 9.66 Å². The predicted molar refractivity (Wildman–Crippen MR) is 109 cm³/mol. The summed E-state index contributed by atoms with van der Waals surface area (Å²) >= 11 is 0. The molecule has 1 unspecified atom stereocenters. The smallest absolute Gasteiger partial charge is 0.405 e. The number of benzene rings is 1. The number of aromatic amines is 1. The van der Waals surface area contributed by atoms with E-state index >= 15 is 0 Å². The Labute approximate surface area is 173 Å². The molecule has 4 rings (SSSR count). The average molecular weight is 439 g/mol. The summed E-state index contributed by atoms with van der Waals surface area (Å²) in [5.41, 5.74) is 2.99. The van der Waals surface area contributed by atoms with E-state index in [0.717, 1.165) is 48.0 Å². The lowest BCUT2D eigenvalue weighted by Gasteiger charge is -2.35. The number of hydrogen-bond donors (Lipinski definition) is 5. The highest BCUT2D eigenvalue weighted by Crippen LogP contribution is 2.29. The van der Waals surface area contributed by atoms with Crippen molar-refractivity contribution in [1.29, 1.82) is 0 Å². The van der Waals surface area contributed by atoms with Gasteiger partial charge in [-0.25, -0.2) is 4.79 Å². The molecule has 2 aliphatic rings. The van der Waals surface area contributed by atoms with E-state index in [-0.39, 0.29) is 11.9 Å². The fraction of sp³-hybridized carbons (Fsp3) is 0.500. The lowest BCUT2D eigenvalue weighted by molar-refractivity contribution is -0.136. The first-order valence-electron chi connectivity index (χ1n) is 9.50. The van der Waals surface area contributed by atoms with Crippen molar-refractivity contribution in [3.63, 3.8) is 0 Å². The van der Waals surface area contributed by atoms with E-state index in [0.29, 0.717) is 19.2 Å². The minimum Gasteiger partial charge on any atom is -0.465 e. The molecule has 1 fully saturated rings. The van der Waals surface area contributed by atoms with Gasteiger partial charge in [0.15, 0.2) is 0 Å². The van der Waals surface area contributed by atoms with Crippen LogP contribution in [0.5, 0.6) is 0 Å². The zero-order valence-corrected chi connectivity index (χ0v) is 17.3. The number of rotatable bonds is 2. The Morgan fingerprint density at radius 3 is 2.60 bits per heavy atom. The van der Waals surface area contributed by atoms with E-state index in [1.54, 1.807) is 6.20 Å². The molecule has 0 saturated carbocycles. The van der Waals surface area contributed by atoms with Crippen molar-refractivity contribution in [3.05, 3.63) is 29.5 Å². The van der Waals surface area contributed by atoms with Crippen molar-refractivity contribution in [3.8, 4) is 0 Å². The number of carbonyl (C=O) groups excluding carboxylic acids is 1. The van der Waals surface area contributed by atoms with Crippen molar-refractivity contribution in [2.24, 2.45) is 0 Å². The van der Waals surface area contributed by atoms with Crippen molar-refractivity contribution < 1.29 is 27.7 Å². The Morgan fingerprint density at radius 2 is 1.97 bits per heavy atom. The van der Waals surface area contributed by atoms with Gasteiger partial charge in [-0.1, -0.05) is 6.07 Å². The second-order valence-electron chi connectivity index (χ2n) is 7.42. The van der Waals surface area contributed by atoms with E-state index < -0.39 is 22.3 Å². The zero-order chi connectivity index (χ0) is 21.9. The quantitative estimate of drug-likeness (QED) is 0.418. The molecule has 30 heavy (non-hydrogen) atoms. The number of H-pyrrole nitrogens is 1. The first-order valence-corrected chi connectivity index (χ1v) is 11.3. The van der Waals surface area contributed by atoms with Gasteiger partial charge in [0.05, 0.1) is 18.0 Å². The molecule has 2 aromatic rings. The number of carboxylic acid groups (broad SMARTS) is 1. The fourth-order valence-electron chi connectivity index (χ4n) is 3.94. The van der Waals surface area contributed by atoms with Crippen molar-refractivity contribution in [2.75, 3.05) is 19.3 Å². The minimum atomic E-state index is -3.67. The number of aromatic nitrogens is 2. The summed E-state index contributed by atoms with van der Waals surface area (Å²) in [6, 6.07) is 3.27. The van der Waals surface area contributed by atoms with Crippen LogP contribution in [0.15, 0.2) is 18.3 Å². The molecular weight excluding hydrogens is 414 g/mol. The Morgan fingerprint density at radius 1 is 1.30 bits per heavy atom. The molecule has 5 N–H and O–H groups in total. The third kappa shape index (κ3) is 5.46. The molecule has 1 aromatic carbocycles. The zero-order valence-electron chi connectivity index (χ0n) is 16.5. The normalized spacial score (nSPS) is 20.1. The number of hydrogen-bond acceptors (Lipinski definition) is 6. The highest BCUT2D eigenvalue weighted by atomic mass is 32.2. The Balaban J connectivity index is 0.000000461. The van der Waals surface area contributed by atoms with Crippen LogP contribution in [0.2, 0.25) is 0 Å². The van der Waals surface area contributed by atoms with Crippen LogP contribution < -0.4 is 10.6 Å². The van der Waals surface area contributed by atoms with Crippen LogP contribution in [0.3, 0.4) is 0 Å². The third-order valence-electron chi connectivity index (χ3n) is 5.21. The first-order chi connectivity index (χ1) is 14.1. The topological polar surface area (TPSA) is 165 Å². The lowest BCUT2D eigenvalue weighted by atomic mass is 9.99. The molecule has 12 heteroatoms. The first kappa shape index (κ1) is 22.0. The molecule has 2 aliphatic heterocycles. The molecule has 0 bridgehead atoms. The van der Waals surface area contributed by atoms with Gasteiger partial charge in [-0.2, -0.15) is 13.5 Å². The largest absolute Gasteiger partial charge is 0.465 e. The van der Waals surface area contributed by atoms with Gasteiger partial charge in [-0.05, 0) is 43.1 Å². The maximum Gasteiger partial charge on any atom is 0.405 e. The van der Waals surface area contributed by atoms with Gasteiger partial charge in [-0.15, -0.1) is 0 Å². The number of carbonyl (C=O) groups is 2. The standard InChI is InChI=1S/C17H21N5O3.CH4O3S/c23-16-15(20-17(24)25)7-10-1-2-14-12(8-19-21-14)13(10)9-22(16)11-3-5-18-6-4-11;1-5(2,3)4/h1-2,8,11,15,18,20H,3-7,9H2,(H,19,21)(H,24,25);1H3,(H,2,3,4). The SMILES string of the molecule is CS(=O)(=O)O.O=C(O)NC1Cc2ccc3[nH]ncc3c2CN(C2CCNCC2)C1=O. The van der Waals surface area contributed by atoms with Crippen LogP contribution >= 0.6 is 0 Å². The van der Waals surface area contributed by atoms with Gasteiger partial charge in [0, 0.05) is 24.4 Å². The molecule has 164 valence electrons. The van der Waals surface area contributed by atoms with Crippen LogP contribution in [-0.4, -0.2) is 76.6 Å². The van der Waals surface area contributed by atoms with Crippen LogP contribution in [0, 0.1) is 0 Å². The van der Waals surface area contributed by atoms with Crippen LogP contribution in [0.25, 0.3) is 10.9 Å². The molecule has 3 heterocycles. The van der Waals surface area contributed by atoms with Gasteiger partial charge in [0.1, 0.15) is 6.04 Å². The highest BCUT2D eigenvalue weighted by Gasteiger charge is 2.35. The third-order valence-corrected chi connectivity index (χ3v) is 5.21. The Kier molecular flexibility index (Phi) is 6.58. The average Bonchev–Trinajstić information content (AvgIpc) is 3.09. The van der Waals surface area contributed by atoms with E-state index in [9.17, 15) is 18.0 Å². The number of piperidine rings is 1. The van der Waals surface area contributed by atoms with Crippen LogP contribution in [-0.2, 0) is 27.9 Å². The maximum absolute atomic E-state index is 13.1. The molecule has 0 aliphatic carbocycles.